The van der Waals surface area contributed by atoms with Crippen LogP contribution in [-0.4, -0.2) is 21.6 Å². The molecule has 6 nitrogen and oxygen atoms in total. The van der Waals surface area contributed by atoms with Gasteiger partial charge in [0.25, 0.3) is 5.91 Å². The first kappa shape index (κ1) is 19.6. The zero-order valence-electron chi connectivity index (χ0n) is 16.6. The summed E-state index contributed by atoms with van der Waals surface area (Å²) in [6.45, 7) is 1.90. The molecule has 4 rings (SSSR count). The van der Waals surface area contributed by atoms with Crippen molar-refractivity contribution in [2.75, 3.05) is 5.32 Å². The molecule has 3 aromatic rings. The first-order valence-corrected chi connectivity index (χ1v) is 9.57. The van der Waals surface area contributed by atoms with Crippen LogP contribution in [0.5, 0.6) is 0 Å². The van der Waals surface area contributed by atoms with Gasteiger partial charge in [0.15, 0.2) is 0 Å². The third kappa shape index (κ3) is 4.00. The van der Waals surface area contributed by atoms with Crippen LogP contribution in [0, 0.1) is 12.7 Å². The van der Waals surface area contributed by atoms with Gasteiger partial charge in [-0.25, -0.2) is 4.39 Å². The Morgan fingerprint density at radius 1 is 1.23 bits per heavy atom. The molecular weight excluding hydrogens is 383 g/mol. The van der Waals surface area contributed by atoms with E-state index in [9.17, 15) is 14.0 Å². The molecule has 0 bridgehead atoms. The van der Waals surface area contributed by atoms with Gasteiger partial charge in [0.1, 0.15) is 5.82 Å². The Labute approximate surface area is 173 Å². The van der Waals surface area contributed by atoms with E-state index in [1.165, 1.54) is 18.3 Å². The largest absolute Gasteiger partial charge is 0.332 e. The number of aryl methyl sites for hydroxylation is 2. The van der Waals surface area contributed by atoms with Crippen LogP contribution in [-0.2, 0) is 16.6 Å². The molecule has 0 aliphatic carbocycles. The predicted molar refractivity (Wildman–Crippen MR) is 112 cm³/mol. The summed E-state index contributed by atoms with van der Waals surface area (Å²) in [4.78, 5) is 25.0. The highest BCUT2D eigenvalue weighted by Crippen LogP contribution is 2.32. The molecule has 0 fully saturated rings. The summed E-state index contributed by atoms with van der Waals surface area (Å²) in [6.07, 6.45) is 3.34. The third-order valence-electron chi connectivity index (χ3n) is 5.16. The number of hydrogen-bond donors (Lipinski definition) is 2. The van der Waals surface area contributed by atoms with Crippen molar-refractivity contribution in [1.29, 1.82) is 0 Å². The molecule has 1 aromatic heterocycles. The van der Waals surface area contributed by atoms with Crippen molar-refractivity contribution in [2.24, 2.45) is 7.05 Å². The van der Waals surface area contributed by atoms with Gasteiger partial charge in [-0.3, -0.25) is 14.3 Å². The standard InChI is InChI=1S/C23H21FN4O2/c1-14-6-7-16(20-8-9-28(2)27-20)11-21(14)26-23(30)19-13-25-22(29)12-18(19)15-4-3-5-17(24)10-15/h3-11,13,18H,12H2,1-2H3,(H,25,29)(H,26,30). The van der Waals surface area contributed by atoms with E-state index in [0.717, 1.165) is 16.8 Å². The lowest BCUT2D eigenvalue weighted by molar-refractivity contribution is -0.121. The van der Waals surface area contributed by atoms with E-state index >= 15 is 0 Å². The molecule has 0 saturated carbocycles. The van der Waals surface area contributed by atoms with Crippen LogP contribution >= 0.6 is 0 Å². The highest BCUT2D eigenvalue weighted by atomic mass is 19.1. The van der Waals surface area contributed by atoms with Gasteiger partial charge in [-0.1, -0.05) is 24.3 Å². The number of benzene rings is 2. The Hall–Kier alpha value is -3.74. The Morgan fingerprint density at radius 3 is 2.80 bits per heavy atom. The maximum Gasteiger partial charge on any atom is 0.253 e. The van der Waals surface area contributed by atoms with Gasteiger partial charge in [0.05, 0.1) is 5.69 Å². The van der Waals surface area contributed by atoms with Gasteiger partial charge in [0.2, 0.25) is 5.91 Å². The number of anilines is 1. The smallest absolute Gasteiger partial charge is 0.253 e. The average Bonchev–Trinajstić information content (AvgIpc) is 3.16. The topological polar surface area (TPSA) is 76.0 Å². The fraction of sp³-hybridized carbons (Fsp3) is 0.174. The van der Waals surface area contributed by atoms with Crippen LogP contribution in [0.3, 0.4) is 0 Å². The molecule has 1 atom stereocenters. The fourth-order valence-electron chi connectivity index (χ4n) is 3.54. The maximum atomic E-state index is 13.7. The van der Waals surface area contributed by atoms with Crippen molar-refractivity contribution in [3.63, 3.8) is 0 Å². The van der Waals surface area contributed by atoms with Crippen molar-refractivity contribution in [1.82, 2.24) is 15.1 Å². The number of carbonyl (C=O) groups excluding carboxylic acids is 2. The zero-order valence-corrected chi connectivity index (χ0v) is 16.6. The van der Waals surface area contributed by atoms with E-state index in [1.54, 1.807) is 16.8 Å². The van der Waals surface area contributed by atoms with Crippen LogP contribution < -0.4 is 10.6 Å². The Morgan fingerprint density at radius 2 is 2.07 bits per heavy atom. The summed E-state index contributed by atoms with van der Waals surface area (Å²) in [5.41, 5.74) is 4.19. The highest BCUT2D eigenvalue weighted by molar-refractivity contribution is 6.07. The normalized spacial score (nSPS) is 16.0. The monoisotopic (exact) mass is 404 g/mol. The van der Waals surface area contributed by atoms with E-state index in [2.05, 4.69) is 15.7 Å². The lowest BCUT2D eigenvalue weighted by atomic mass is 9.86. The van der Waals surface area contributed by atoms with E-state index in [4.69, 9.17) is 0 Å². The zero-order chi connectivity index (χ0) is 21.3. The number of aromatic nitrogens is 2. The van der Waals surface area contributed by atoms with Crippen molar-refractivity contribution in [3.8, 4) is 11.3 Å². The second-order valence-corrected chi connectivity index (χ2v) is 7.34. The van der Waals surface area contributed by atoms with Gasteiger partial charge < -0.3 is 10.6 Å². The minimum atomic E-state index is -0.520. The number of carbonyl (C=O) groups is 2. The first-order chi connectivity index (χ1) is 14.4. The Balaban J connectivity index is 1.63. The molecule has 152 valence electrons. The van der Waals surface area contributed by atoms with Gasteiger partial charge in [-0.2, -0.15) is 5.10 Å². The SMILES string of the molecule is Cc1ccc(-c2ccn(C)n2)cc1NC(=O)C1=CNC(=O)CC1c1cccc(F)c1. The predicted octanol–water partition coefficient (Wildman–Crippen LogP) is 3.66. The number of nitrogens with zero attached hydrogens (tertiary/aromatic N) is 2. The van der Waals surface area contributed by atoms with Crippen LogP contribution in [0.15, 0.2) is 66.5 Å². The molecule has 2 heterocycles. The second-order valence-electron chi connectivity index (χ2n) is 7.34. The molecule has 2 aromatic carbocycles. The summed E-state index contributed by atoms with van der Waals surface area (Å²) >= 11 is 0. The van der Waals surface area contributed by atoms with Crippen molar-refractivity contribution in [2.45, 2.75) is 19.3 Å². The summed E-state index contributed by atoms with van der Waals surface area (Å²) in [5.74, 6) is -1.48. The number of rotatable bonds is 4. The molecule has 2 amide bonds. The van der Waals surface area contributed by atoms with Crippen molar-refractivity contribution in [3.05, 3.63) is 83.4 Å². The molecule has 30 heavy (non-hydrogen) atoms. The third-order valence-corrected chi connectivity index (χ3v) is 5.16. The van der Waals surface area contributed by atoms with Gasteiger partial charge >= 0.3 is 0 Å². The highest BCUT2D eigenvalue weighted by Gasteiger charge is 2.29. The fourth-order valence-corrected chi connectivity index (χ4v) is 3.54. The van der Waals surface area contributed by atoms with Crippen LogP contribution in [0.1, 0.15) is 23.5 Å². The second kappa shape index (κ2) is 7.94. The molecular formula is C23H21FN4O2. The number of amides is 2. The average molecular weight is 404 g/mol. The first-order valence-electron chi connectivity index (χ1n) is 9.57. The summed E-state index contributed by atoms with van der Waals surface area (Å²) in [6, 6.07) is 13.6. The molecule has 0 radical (unpaired) electrons. The summed E-state index contributed by atoms with van der Waals surface area (Å²) in [7, 11) is 1.84. The molecule has 7 heteroatoms. The van der Waals surface area contributed by atoms with E-state index in [0.29, 0.717) is 16.8 Å². The number of hydrogen-bond acceptors (Lipinski definition) is 3. The molecule has 1 aliphatic rings. The molecule has 1 unspecified atom stereocenters. The van der Waals surface area contributed by atoms with Gasteiger partial charge in [-0.05, 0) is 42.3 Å². The molecule has 1 aliphatic heterocycles. The van der Waals surface area contributed by atoms with Crippen LogP contribution in [0.25, 0.3) is 11.3 Å². The molecule has 0 saturated heterocycles. The maximum absolute atomic E-state index is 13.7. The van der Waals surface area contributed by atoms with Crippen LogP contribution in [0.4, 0.5) is 10.1 Å². The van der Waals surface area contributed by atoms with Gasteiger partial charge in [0, 0.05) is 48.6 Å². The Bertz CT molecular complexity index is 1170. The van der Waals surface area contributed by atoms with Crippen molar-refractivity contribution < 1.29 is 14.0 Å². The summed E-state index contributed by atoms with van der Waals surface area (Å²) < 4.78 is 15.4. The lowest BCUT2D eigenvalue weighted by Gasteiger charge is -2.24. The van der Waals surface area contributed by atoms with Gasteiger partial charge in [-0.15, -0.1) is 0 Å². The van der Waals surface area contributed by atoms with E-state index in [-0.39, 0.29) is 18.2 Å². The van der Waals surface area contributed by atoms with E-state index < -0.39 is 11.7 Å². The minimum Gasteiger partial charge on any atom is -0.332 e. The Kier molecular flexibility index (Phi) is 5.18. The molecule has 2 N–H and O–H groups in total. The lowest BCUT2D eigenvalue weighted by Crippen LogP contribution is -2.32. The number of halogens is 1. The summed E-state index contributed by atoms with van der Waals surface area (Å²) in [5, 5.41) is 9.94. The van der Waals surface area contributed by atoms with Crippen LogP contribution in [0.2, 0.25) is 0 Å². The minimum absolute atomic E-state index is 0.0790. The van der Waals surface area contributed by atoms with E-state index in [1.807, 2.05) is 44.4 Å². The molecule has 0 spiro atoms. The quantitative estimate of drug-likeness (QED) is 0.697. The van der Waals surface area contributed by atoms with Crippen molar-refractivity contribution >= 4 is 17.5 Å². The number of nitrogens with one attached hydrogen (secondary N) is 2.